The van der Waals surface area contributed by atoms with Crippen LogP contribution >= 0.6 is 0 Å². The SMILES string of the molecule is OCc1ccnc(CCOCC(F)(F)F)n1. The summed E-state index contributed by atoms with van der Waals surface area (Å²) in [6.07, 6.45) is -2.69. The predicted molar refractivity (Wildman–Crippen MR) is 48.5 cm³/mol. The third-order valence-corrected chi connectivity index (χ3v) is 1.66. The van der Waals surface area contributed by atoms with Crippen molar-refractivity contribution < 1.29 is 23.0 Å². The van der Waals surface area contributed by atoms with Crippen LogP contribution < -0.4 is 0 Å². The third kappa shape index (κ3) is 5.04. The Bertz CT molecular complexity index is 331. The number of halogens is 3. The van der Waals surface area contributed by atoms with Gasteiger partial charge in [-0.3, -0.25) is 0 Å². The quantitative estimate of drug-likeness (QED) is 0.777. The molecule has 0 aliphatic heterocycles. The molecule has 0 bridgehead atoms. The molecule has 1 rings (SSSR count). The summed E-state index contributed by atoms with van der Waals surface area (Å²) < 4.78 is 39.5. The van der Waals surface area contributed by atoms with Gasteiger partial charge < -0.3 is 9.84 Å². The second-order valence-corrected chi connectivity index (χ2v) is 3.04. The van der Waals surface area contributed by atoms with Crippen molar-refractivity contribution in [2.75, 3.05) is 13.2 Å². The lowest BCUT2D eigenvalue weighted by molar-refractivity contribution is -0.173. The van der Waals surface area contributed by atoms with Gasteiger partial charge in [0, 0.05) is 12.6 Å². The van der Waals surface area contributed by atoms with Gasteiger partial charge in [-0.1, -0.05) is 0 Å². The predicted octanol–water partition coefficient (Wildman–Crippen LogP) is 1.09. The van der Waals surface area contributed by atoms with E-state index in [0.29, 0.717) is 11.5 Å². The zero-order chi connectivity index (χ0) is 12.0. The van der Waals surface area contributed by atoms with E-state index >= 15 is 0 Å². The Hall–Kier alpha value is -1.21. The van der Waals surface area contributed by atoms with Crippen molar-refractivity contribution in [1.29, 1.82) is 0 Å². The number of nitrogens with zero attached hydrogens (tertiary/aromatic N) is 2. The van der Waals surface area contributed by atoms with E-state index in [1.54, 1.807) is 0 Å². The average molecular weight is 236 g/mol. The molecule has 0 amide bonds. The Balaban J connectivity index is 2.32. The maximum atomic E-state index is 11.7. The van der Waals surface area contributed by atoms with Crippen LogP contribution in [0.1, 0.15) is 11.5 Å². The highest BCUT2D eigenvalue weighted by Crippen LogP contribution is 2.14. The maximum absolute atomic E-state index is 11.7. The monoisotopic (exact) mass is 236 g/mol. The summed E-state index contributed by atoms with van der Waals surface area (Å²) in [5.41, 5.74) is 0.431. The lowest BCUT2D eigenvalue weighted by Crippen LogP contribution is -2.18. The number of aromatic nitrogens is 2. The maximum Gasteiger partial charge on any atom is 0.411 e. The number of hydrogen-bond donors (Lipinski definition) is 1. The molecule has 0 atom stereocenters. The number of ether oxygens (including phenoxy) is 1. The van der Waals surface area contributed by atoms with Gasteiger partial charge in [0.15, 0.2) is 0 Å². The lowest BCUT2D eigenvalue weighted by Gasteiger charge is -2.07. The molecular formula is C9H11F3N2O2. The molecule has 1 heterocycles. The summed E-state index contributed by atoms with van der Waals surface area (Å²) in [5, 5.41) is 8.77. The van der Waals surface area contributed by atoms with Crippen LogP contribution in [-0.4, -0.2) is 34.5 Å². The first kappa shape index (κ1) is 12.9. The Kier molecular flexibility index (Phi) is 4.63. The van der Waals surface area contributed by atoms with Gasteiger partial charge in [-0.15, -0.1) is 0 Å². The van der Waals surface area contributed by atoms with Gasteiger partial charge >= 0.3 is 6.18 Å². The first-order valence-electron chi connectivity index (χ1n) is 4.57. The Labute approximate surface area is 90.1 Å². The number of rotatable bonds is 5. The summed E-state index contributed by atoms with van der Waals surface area (Å²) in [5.74, 6) is 0.355. The standard InChI is InChI=1S/C9H11F3N2O2/c10-9(11,12)6-16-4-2-8-13-3-1-7(5-15)14-8/h1,3,15H,2,4-6H2. The van der Waals surface area contributed by atoms with Crippen LogP contribution in [0.4, 0.5) is 13.2 Å². The van der Waals surface area contributed by atoms with Crippen molar-refractivity contribution in [3.05, 3.63) is 23.8 Å². The molecule has 1 N–H and O–H groups in total. The Morgan fingerprint density at radius 3 is 2.75 bits per heavy atom. The van der Waals surface area contributed by atoms with Crippen molar-refractivity contribution in [3.63, 3.8) is 0 Å². The first-order valence-corrected chi connectivity index (χ1v) is 4.57. The van der Waals surface area contributed by atoms with Crippen LogP contribution in [0, 0.1) is 0 Å². The van der Waals surface area contributed by atoms with E-state index in [-0.39, 0.29) is 19.6 Å². The smallest absolute Gasteiger partial charge is 0.390 e. The molecule has 1 aromatic heterocycles. The summed E-state index contributed by atoms with van der Waals surface area (Å²) in [4.78, 5) is 7.74. The lowest BCUT2D eigenvalue weighted by atomic mass is 10.3. The Morgan fingerprint density at radius 2 is 2.12 bits per heavy atom. The van der Waals surface area contributed by atoms with Gasteiger partial charge in [-0.25, -0.2) is 9.97 Å². The topological polar surface area (TPSA) is 55.2 Å². The van der Waals surface area contributed by atoms with Crippen LogP contribution in [0.2, 0.25) is 0 Å². The van der Waals surface area contributed by atoms with Crippen molar-refractivity contribution in [1.82, 2.24) is 9.97 Å². The fourth-order valence-corrected chi connectivity index (χ4v) is 1.00. The van der Waals surface area contributed by atoms with E-state index in [9.17, 15) is 13.2 Å². The van der Waals surface area contributed by atoms with Crippen molar-refractivity contribution in [2.24, 2.45) is 0 Å². The second-order valence-electron chi connectivity index (χ2n) is 3.04. The zero-order valence-corrected chi connectivity index (χ0v) is 8.37. The molecule has 0 aliphatic carbocycles. The molecule has 90 valence electrons. The summed E-state index contributed by atoms with van der Waals surface area (Å²) in [6, 6.07) is 1.53. The minimum atomic E-state index is -4.31. The van der Waals surface area contributed by atoms with E-state index < -0.39 is 12.8 Å². The molecule has 0 saturated heterocycles. The molecule has 0 aliphatic rings. The summed E-state index contributed by atoms with van der Waals surface area (Å²) in [7, 11) is 0. The number of alkyl halides is 3. The van der Waals surface area contributed by atoms with Gasteiger partial charge in [0.05, 0.1) is 18.9 Å². The van der Waals surface area contributed by atoms with Gasteiger partial charge in [-0.2, -0.15) is 13.2 Å². The van der Waals surface area contributed by atoms with Gasteiger partial charge in [0.25, 0.3) is 0 Å². The Morgan fingerprint density at radius 1 is 1.38 bits per heavy atom. The van der Waals surface area contributed by atoms with E-state index in [2.05, 4.69) is 14.7 Å². The van der Waals surface area contributed by atoms with Gasteiger partial charge in [0.2, 0.25) is 0 Å². The second kappa shape index (κ2) is 5.76. The van der Waals surface area contributed by atoms with Crippen LogP contribution in [0.5, 0.6) is 0 Å². The van der Waals surface area contributed by atoms with E-state index in [1.165, 1.54) is 12.3 Å². The van der Waals surface area contributed by atoms with Crippen molar-refractivity contribution in [2.45, 2.75) is 19.2 Å². The number of aliphatic hydroxyl groups excluding tert-OH is 1. The minimum Gasteiger partial charge on any atom is -0.390 e. The molecule has 0 unspecified atom stereocenters. The van der Waals surface area contributed by atoms with E-state index in [0.717, 1.165) is 0 Å². The van der Waals surface area contributed by atoms with E-state index in [1.807, 2.05) is 0 Å². The summed E-state index contributed by atoms with van der Waals surface area (Å²) >= 11 is 0. The fourth-order valence-electron chi connectivity index (χ4n) is 1.00. The molecule has 0 spiro atoms. The van der Waals surface area contributed by atoms with E-state index in [4.69, 9.17) is 5.11 Å². The highest BCUT2D eigenvalue weighted by Gasteiger charge is 2.27. The van der Waals surface area contributed by atoms with Crippen LogP contribution in [0.25, 0.3) is 0 Å². The fraction of sp³-hybridized carbons (Fsp3) is 0.556. The zero-order valence-electron chi connectivity index (χ0n) is 8.37. The minimum absolute atomic E-state index is 0.103. The molecular weight excluding hydrogens is 225 g/mol. The number of aliphatic hydroxyl groups is 1. The largest absolute Gasteiger partial charge is 0.411 e. The van der Waals surface area contributed by atoms with Crippen LogP contribution in [0.15, 0.2) is 12.3 Å². The summed E-state index contributed by atoms with van der Waals surface area (Å²) in [6.45, 7) is -1.60. The highest BCUT2D eigenvalue weighted by molar-refractivity contribution is 5.00. The first-order chi connectivity index (χ1) is 7.51. The molecule has 4 nitrogen and oxygen atoms in total. The molecule has 0 radical (unpaired) electrons. The normalized spacial score (nSPS) is 11.8. The van der Waals surface area contributed by atoms with Crippen molar-refractivity contribution in [3.8, 4) is 0 Å². The number of hydrogen-bond acceptors (Lipinski definition) is 4. The highest BCUT2D eigenvalue weighted by atomic mass is 19.4. The van der Waals surface area contributed by atoms with Gasteiger partial charge in [0.1, 0.15) is 12.4 Å². The van der Waals surface area contributed by atoms with Crippen LogP contribution in [0.3, 0.4) is 0 Å². The molecule has 0 saturated carbocycles. The molecule has 16 heavy (non-hydrogen) atoms. The molecule has 7 heteroatoms. The molecule has 0 fully saturated rings. The third-order valence-electron chi connectivity index (χ3n) is 1.66. The molecule has 0 aromatic carbocycles. The molecule has 1 aromatic rings. The van der Waals surface area contributed by atoms with Crippen LogP contribution in [-0.2, 0) is 17.8 Å². The van der Waals surface area contributed by atoms with Gasteiger partial charge in [-0.05, 0) is 6.07 Å². The average Bonchev–Trinajstić information content (AvgIpc) is 2.23. The van der Waals surface area contributed by atoms with Crippen molar-refractivity contribution >= 4 is 0 Å².